The number of aromatic carboxylic acids is 1. The van der Waals surface area contributed by atoms with E-state index in [0.717, 1.165) is 5.56 Å². The Kier molecular flexibility index (Phi) is 5.00. The van der Waals surface area contributed by atoms with E-state index >= 15 is 0 Å². The molecule has 0 fully saturated rings. The Morgan fingerprint density at radius 2 is 1.90 bits per heavy atom. The molecule has 0 radical (unpaired) electrons. The number of carboxylic acid groups (broad SMARTS) is 1. The van der Waals surface area contributed by atoms with E-state index in [1.54, 1.807) is 12.1 Å². The van der Waals surface area contributed by atoms with Gasteiger partial charge < -0.3 is 10.4 Å². The van der Waals surface area contributed by atoms with Crippen molar-refractivity contribution in [3.05, 3.63) is 70.8 Å². The molecule has 0 aromatic heterocycles. The van der Waals surface area contributed by atoms with Gasteiger partial charge in [0.05, 0.1) is 5.56 Å². The fourth-order valence-corrected chi connectivity index (χ4v) is 2.00. The molecule has 0 saturated heterocycles. The van der Waals surface area contributed by atoms with Gasteiger partial charge in [0, 0.05) is 6.54 Å². The molecule has 0 amide bonds. The largest absolute Gasteiger partial charge is 0.478 e. The minimum absolute atomic E-state index is 0.265. The van der Waals surface area contributed by atoms with Crippen molar-refractivity contribution in [1.82, 2.24) is 5.32 Å². The Labute approximate surface area is 121 Å². The number of carboxylic acids is 1. The highest BCUT2D eigenvalue weighted by atomic mass is 19.1. The third-order valence-electron chi connectivity index (χ3n) is 3.07. The number of nitrogens with one attached hydrogen (secondary N) is 1. The SMILES string of the molecule is O=C(O)c1ccc(CNCCc2cccc(F)c2)cc1F. The van der Waals surface area contributed by atoms with E-state index in [4.69, 9.17) is 5.11 Å². The van der Waals surface area contributed by atoms with Gasteiger partial charge in [0.15, 0.2) is 0 Å². The number of carbonyl (C=O) groups is 1. The molecule has 110 valence electrons. The van der Waals surface area contributed by atoms with E-state index in [1.807, 2.05) is 6.07 Å². The van der Waals surface area contributed by atoms with Crippen molar-refractivity contribution < 1.29 is 18.7 Å². The van der Waals surface area contributed by atoms with Crippen LogP contribution in [-0.4, -0.2) is 17.6 Å². The average molecular weight is 291 g/mol. The maximum absolute atomic E-state index is 13.5. The van der Waals surface area contributed by atoms with Crippen molar-refractivity contribution in [2.75, 3.05) is 6.54 Å². The Bertz CT molecular complexity index is 644. The van der Waals surface area contributed by atoms with Gasteiger partial charge in [-0.3, -0.25) is 0 Å². The smallest absolute Gasteiger partial charge is 0.338 e. The third-order valence-corrected chi connectivity index (χ3v) is 3.07. The Hall–Kier alpha value is -2.27. The first-order chi connectivity index (χ1) is 10.1. The van der Waals surface area contributed by atoms with Gasteiger partial charge in [0.1, 0.15) is 11.6 Å². The summed E-state index contributed by atoms with van der Waals surface area (Å²) in [6.07, 6.45) is 0.660. The second-order valence-electron chi connectivity index (χ2n) is 4.68. The van der Waals surface area contributed by atoms with Crippen LogP contribution < -0.4 is 5.32 Å². The molecule has 2 aromatic carbocycles. The van der Waals surface area contributed by atoms with E-state index in [9.17, 15) is 13.6 Å². The van der Waals surface area contributed by atoms with E-state index in [1.165, 1.54) is 24.3 Å². The van der Waals surface area contributed by atoms with Crippen molar-refractivity contribution >= 4 is 5.97 Å². The van der Waals surface area contributed by atoms with Gasteiger partial charge >= 0.3 is 5.97 Å². The second-order valence-corrected chi connectivity index (χ2v) is 4.68. The van der Waals surface area contributed by atoms with Crippen LogP contribution in [0.25, 0.3) is 0 Å². The minimum atomic E-state index is -1.28. The Morgan fingerprint density at radius 1 is 1.10 bits per heavy atom. The molecule has 5 heteroatoms. The Morgan fingerprint density at radius 3 is 2.57 bits per heavy atom. The van der Waals surface area contributed by atoms with Crippen LogP contribution in [0.4, 0.5) is 8.78 Å². The van der Waals surface area contributed by atoms with Crippen molar-refractivity contribution in [3.63, 3.8) is 0 Å². The summed E-state index contributed by atoms with van der Waals surface area (Å²) < 4.78 is 26.4. The molecule has 3 nitrogen and oxygen atoms in total. The van der Waals surface area contributed by atoms with Crippen LogP contribution >= 0.6 is 0 Å². The van der Waals surface area contributed by atoms with Gasteiger partial charge in [-0.1, -0.05) is 18.2 Å². The minimum Gasteiger partial charge on any atom is -0.478 e. The molecule has 0 aliphatic rings. The predicted octanol–water partition coefficient (Wildman–Crippen LogP) is 3.00. The first kappa shape index (κ1) is 15.1. The molecule has 0 unspecified atom stereocenters. The highest BCUT2D eigenvalue weighted by molar-refractivity contribution is 5.87. The highest BCUT2D eigenvalue weighted by Gasteiger charge is 2.09. The van der Waals surface area contributed by atoms with E-state index in [2.05, 4.69) is 5.32 Å². The van der Waals surface area contributed by atoms with Crippen LogP contribution in [0.15, 0.2) is 42.5 Å². The second kappa shape index (κ2) is 6.95. The summed E-state index contributed by atoms with van der Waals surface area (Å²) in [5.41, 5.74) is 1.21. The van der Waals surface area contributed by atoms with Crippen molar-refractivity contribution in [3.8, 4) is 0 Å². The summed E-state index contributed by atoms with van der Waals surface area (Å²) in [4.78, 5) is 10.7. The van der Waals surface area contributed by atoms with Crippen molar-refractivity contribution in [2.24, 2.45) is 0 Å². The molecular weight excluding hydrogens is 276 g/mol. The summed E-state index contributed by atoms with van der Waals surface area (Å²) in [7, 11) is 0. The monoisotopic (exact) mass is 291 g/mol. The lowest BCUT2D eigenvalue weighted by Crippen LogP contribution is -2.17. The van der Waals surface area contributed by atoms with Crippen molar-refractivity contribution in [2.45, 2.75) is 13.0 Å². The molecule has 0 saturated carbocycles. The van der Waals surface area contributed by atoms with Crippen LogP contribution in [0.2, 0.25) is 0 Å². The lowest BCUT2D eigenvalue weighted by atomic mass is 10.1. The molecule has 21 heavy (non-hydrogen) atoms. The lowest BCUT2D eigenvalue weighted by Gasteiger charge is -2.06. The number of benzene rings is 2. The van der Waals surface area contributed by atoms with Gasteiger partial charge in [0.25, 0.3) is 0 Å². The molecule has 0 spiro atoms. The van der Waals surface area contributed by atoms with Gasteiger partial charge in [-0.25, -0.2) is 13.6 Å². The summed E-state index contributed by atoms with van der Waals surface area (Å²) in [5.74, 6) is -2.29. The summed E-state index contributed by atoms with van der Waals surface area (Å²) in [6.45, 7) is 1.04. The maximum atomic E-state index is 13.5. The predicted molar refractivity (Wildman–Crippen MR) is 75.2 cm³/mol. The number of halogens is 2. The van der Waals surface area contributed by atoms with E-state index in [0.29, 0.717) is 25.1 Å². The molecule has 0 aliphatic heterocycles. The highest BCUT2D eigenvalue weighted by Crippen LogP contribution is 2.10. The average Bonchev–Trinajstić information content (AvgIpc) is 2.43. The van der Waals surface area contributed by atoms with Gasteiger partial charge in [-0.05, 0) is 48.4 Å². The van der Waals surface area contributed by atoms with Crippen LogP contribution in [0, 0.1) is 11.6 Å². The molecule has 2 N–H and O–H groups in total. The fraction of sp³-hybridized carbons (Fsp3) is 0.188. The molecular formula is C16H15F2NO2. The zero-order valence-corrected chi connectivity index (χ0v) is 11.3. The van der Waals surface area contributed by atoms with Crippen LogP contribution in [-0.2, 0) is 13.0 Å². The number of rotatable bonds is 6. The fourth-order valence-electron chi connectivity index (χ4n) is 2.00. The zero-order valence-electron chi connectivity index (χ0n) is 11.3. The normalized spacial score (nSPS) is 10.6. The van der Waals surface area contributed by atoms with Gasteiger partial charge in [-0.15, -0.1) is 0 Å². The first-order valence-corrected chi connectivity index (χ1v) is 6.53. The van der Waals surface area contributed by atoms with Gasteiger partial charge in [-0.2, -0.15) is 0 Å². The molecule has 0 heterocycles. The summed E-state index contributed by atoms with van der Waals surface area (Å²) in [6, 6.07) is 10.4. The van der Waals surface area contributed by atoms with E-state index in [-0.39, 0.29) is 11.4 Å². The standard InChI is InChI=1S/C16H15F2NO2/c17-13-3-1-2-11(8-13)6-7-19-10-12-4-5-14(16(20)21)15(18)9-12/h1-5,8-9,19H,6-7,10H2,(H,20,21). The van der Waals surface area contributed by atoms with Crippen LogP contribution in [0.5, 0.6) is 0 Å². The first-order valence-electron chi connectivity index (χ1n) is 6.53. The molecule has 0 bridgehead atoms. The van der Waals surface area contributed by atoms with E-state index < -0.39 is 11.8 Å². The van der Waals surface area contributed by atoms with Crippen molar-refractivity contribution in [1.29, 1.82) is 0 Å². The quantitative estimate of drug-likeness (QED) is 0.804. The Balaban J connectivity index is 1.84. The maximum Gasteiger partial charge on any atom is 0.338 e. The number of hydrogen-bond donors (Lipinski definition) is 2. The molecule has 2 rings (SSSR count). The number of hydrogen-bond acceptors (Lipinski definition) is 2. The summed E-state index contributed by atoms with van der Waals surface area (Å²) >= 11 is 0. The molecule has 2 aromatic rings. The van der Waals surface area contributed by atoms with Crippen LogP contribution in [0.1, 0.15) is 21.5 Å². The zero-order chi connectivity index (χ0) is 15.2. The molecule has 0 aliphatic carbocycles. The van der Waals surface area contributed by atoms with Gasteiger partial charge in [0.2, 0.25) is 0 Å². The third kappa shape index (κ3) is 4.36. The topological polar surface area (TPSA) is 49.3 Å². The lowest BCUT2D eigenvalue weighted by molar-refractivity contribution is 0.0692. The molecule has 0 atom stereocenters. The summed E-state index contributed by atoms with van der Waals surface area (Å²) in [5, 5.41) is 11.8. The van der Waals surface area contributed by atoms with Crippen LogP contribution in [0.3, 0.4) is 0 Å².